The fourth-order valence-corrected chi connectivity index (χ4v) is 1.32. The number of rotatable bonds is 7. The quantitative estimate of drug-likeness (QED) is 0.251. The summed E-state index contributed by atoms with van der Waals surface area (Å²) in [5, 5.41) is 0. The largest absolute Gasteiger partial charge is 0.490 e. The Morgan fingerprint density at radius 1 is 1.39 bits per heavy atom. The van der Waals surface area contributed by atoms with Crippen molar-refractivity contribution in [2.24, 2.45) is 5.84 Å². The second-order valence-electron chi connectivity index (χ2n) is 3.46. The smallest absolute Gasteiger partial charge is 0.268 e. The lowest BCUT2D eigenvalue weighted by Gasteiger charge is -2.10. The van der Waals surface area contributed by atoms with Crippen molar-refractivity contribution in [3.8, 4) is 5.75 Å². The number of carbonyl (C=O) groups excluding carboxylic acids is 1. The van der Waals surface area contributed by atoms with Crippen LogP contribution in [0.3, 0.4) is 0 Å². The zero-order valence-corrected chi connectivity index (χ0v) is 10.4. The van der Waals surface area contributed by atoms with Crippen molar-refractivity contribution in [2.75, 3.05) is 19.8 Å². The molecule has 98 valence electrons. The molecule has 0 aromatic heterocycles. The Labute approximate surface area is 107 Å². The Bertz CT molecular complexity index is 405. The average molecular weight is 250 g/mol. The predicted octanol–water partition coefficient (Wildman–Crippen LogP) is 1.26. The van der Waals surface area contributed by atoms with Gasteiger partial charge in [0.2, 0.25) is 0 Å². The number of nitrogens with one attached hydrogen (secondary N) is 1. The van der Waals surface area contributed by atoms with Crippen LogP contribution in [0.2, 0.25) is 0 Å². The highest BCUT2D eigenvalue weighted by molar-refractivity contribution is 5.96. The molecule has 0 spiro atoms. The Morgan fingerprint density at radius 3 is 2.89 bits per heavy atom. The number of nitrogens with two attached hydrogens (primary N) is 1. The van der Waals surface area contributed by atoms with Crippen LogP contribution in [0.4, 0.5) is 0 Å². The lowest BCUT2D eigenvalue weighted by Crippen LogP contribution is -2.30. The molecule has 0 saturated carbocycles. The summed E-state index contributed by atoms with van der Waals surface area (Å²) in [7, 11) is 0. The van der Waals surface area contributed by atoms with Crippen molar-refractivity contribution in [3.05, 3.63) is 42.0 Å². The number of hydrogen-bond donors (Lipinski definition) is 2. The minimum absolute atomic E-state index is 0.375. The second kappa shape index (κ2) is 8.27. The summed E-state index contributed by atoms with van der Waals surface area (Å²) in [6.45, 7) is 3.33. The number of ether oxygens (including phenoxy) is 2. The van der Waals surface area contributed by atoms with Crippen LogP contribution in [0.25, 0.3) is 0 Å². The first-order valence-corrected chi connectivity index (χ1v) is 5.71. The molecule has 0 bridgehead atoms. The summed E-state index contributed by atoms with van der Waals surface area (Å²) >= 11 is 0. The van der Waals surface area contributed by atoms with Gasteiger partial charge in [-0.25, -0.2) is 5.84 Å². The first-order chi connectivity index (χ1) is 8.79. The third-order valence-electron chi connectivity index (χ3n) is 2.20. The maximum atomic E-state index is 11.5. The highest BCUT2D eigenvalue weighted by Crippen LogP contribution is 2.17. The Kier molecular flexibility index (Phi) is 6.53. The number of benzene rings is 1. The molecule has 1 aromatic carbocycles. The van der Waals surface area contributed by atoms with Crippen molar-refractivity contribution in [1.82, 2.24) is 5.43 Å². The molecule has 18 heavy (non-hydrogen) atoms. The van der Waals surface area contributed by atoms with Crippen LogP contribution in [0.15, 0.2) is 36.4 Å². The zero-order chi connectivity index (χ0) is 13.2. The number of hydrogen-bond acceptors (Lipinski definition) is 4. The number of hydrazine groups is 1. The van der Waals surface area contributed by atoms with Gasteiger partial charge >= 0.3 is 0 Å². The fourth-order valence-electron chi connectivity index (χ4n) is 1.32. The maximum absolute atomic E-state index is 11.5. The number of carbonyl (C=O) groups is 1. The fraction of sp³-hybridized carbons (Fsp3) is 0.308. The van der Waals surface area contributed by atoms with E-state index < -0.39 is 0 Å². The highest BCUT2D eigenvalue weighted by Gasteiger charge is 2.09. The standard InChI is InChI=1S/C13H18N2O3/c1-2-3-8-17-9-10-18-12-7-5-4-6-11(12)13(16)15-14/h2-7H,8-10,14H2,1H3,(H,15,16). The molecular weight excluding hydrogens is 232 g/mol. The molecular formula is C13H18N2O3. The van der Waals surface area contributed by atoms with E-state index in [1.165, 1.54) is 0 Å². The molecule has 0 saturated heterocycles. The van der Waals surface area contributed by atoms with E-state index in [4.69, 9.17) is 15.3 Å². The van der Waals surface area contributed by atoms with Crippen molar-refractivity contribution in [2.45, 2.75) is 6.92 Å². The highest BCUT2D eigenvalue weighted by atomic mass is 16.5. The molecule has 0 unspecified atom stereocenters. The van der Waals surface area contributed by atoms with E-state index in [1.807, 2.05) is 19.1 Å². The molecule has 0 atom stereocenters. The van der Waals surface area contributed by atoms with Crippen LogP contribution in [0.5, 0.6) is 5.75 Å². The molecule has 0 radical (unpaired) electrons. The maximum Gasteiger partial charge on any atom is 0.268 e. The van der Waals surface area contributed by atoms with Gasteiger partial charge in [0, 0.05) is 0 Å². The van der Waals surface area contributed by atoms with E-state index in [0.29, 0.717) is 31.1 Å². The van der Waals surface area contributed by atoms with Gasteiger partial charge in [-0.2, -0.15) is 0 Å². The number of amides is 1. The lowest BCUT2D eigenvalue weighted by atomic mass is 10.2. The number of allylic oxidation sites excluding steroid dienone is 1. The topological polar surface area (TPSA) is 73.6 Å². The first-order valence-electron chi connectivity index (χ1n) is 5.71. The molecule has 0 fully saturated rings. The van der Waals surface area contributed by atoms with Crippen LogP contribution < -0.4 is 16.0 Å². The lowest BCUT2D eigenvalue weighted by molar-refractivity contribution is 0.0942. The molecule has 5 heteroatoms. The van der Waals surface area contributed by atoms with Crippen molar-refractivity contribution in [3.63, 3.8) is 0 Å². The summed E-state index contributed by atoms with van der Waals surface area (Å²) in [6.07, 6.45) is 3.83. The molecule has 0 aliphatic heterocycles. The first kappa shape index (κ1) is 14.2. The molecule has 1 rings (SSSR count). The summed E-state index contributed by atoms with van der Waals surface area (Å²) in [4.78, 5) is 11.5. The van der Waals surface area contributed by atoms with Crippen molar-refractivity contribution >= 4 is 5.91 Å². The Hall–Kier alpha value is -1.85. The van der Waals surface area contributed by atoms with E-state index in [2.05, 4.69) is 5.43 Å². The van der Waals surface area contributed by atoms with Crippen LogP contribution >= 0.6 is 0 Å². The minimum atomic E-state index is -0.375. The summed E-state index contributed by atoms with van der Waals surface area (Å²) in [5.41, 5.74) is 2.49. The second-order valence-corrected chi connectivity index (χ2v) is 3.46. The van der Waals surface area contributed by atoms with Gasteiger partial charge in [-0.05, 0) is 19.1 Å². The zero-order valence-electron chi connectivity index (χ0n) is 10.4. The van der Waals surface area contributed by atoms with E-state index in [0.717, 1.165) is 0 Å². The summed E-state index contributed by atoms with van der Waals surface area (Å²) in [6, 6.07) is 6.91. The Balaban J connectivity index is 2.44. The van der Waals surface area contributed by atoms with Gasteiger partial charge in [-0.15, -0.1) is 0 Å². The van der Waals surface area contributed by atoms with Gasteiger partial charge < -0.3 is 9.47 Å². The van der Waals surface area contributed by atoms with Gasteiger partial charge in [-0.3, -0.25) is 10.2 Å². The van der Waals surface area contributed by atoms with Crippen molar-refractivity contribution in [1.29, 1.82) is 0 Å². The van der Waals surface area contributed by atoms with Crippen molar-refractivity contribution < 1.29 is 14.3 Å². The van der Waals surface area contributed by atoms with Gasteiger partial charge in [0.25, 0.3) is 5.91 Å². The van der Waals surface area contributed by atoms with E-state index in [9.17, 15) is 4.79 Å². The molecule has 1 amide bonds. The molecule has 0 heterocycles. The van der Waals surface area contributed by atoms with E-state index in [-0.39, 0.29) is 5.91 Å². The summed E-state index contributed by atoms with van der Waals surface area (Å²) in [5.74, 6) is 5.22. The average Bonchev–Trinajstić information content (AvgIpc) is 2.42. The SMILES string of the molecule is CC=CCOCCOc1ccccc1C(=O)NN. The molecule has 0 aliphatic rings. The molecule has 1 aromatic rings. The van der Waals surface area contributed by atoms with E-state index in [1.54, 1.807) is 24.3 Å². The van der Waals surface area contributed by atoms with Crippen LogP contribution in [-0.2, 0) is 4.74 Å². The monoisotopic (exact) mass is 250 g/mol. The number of nitrogen functional groups attached to an aromatic ring is 1. The van der Waals surface area contributed by atoms with Gasteiger partial charge in [0.05, 0.1) is 18.8 Å². The van der Waals surface area contributed by atoms with Gasteiger partial charge in [-0.1, -0.05) is 24.3 Å². The normalized spacial score (nSPS) is 10.6. The Morgan fingerprint density at radius 2 is 2.17 bits per heavy atom. The molecule has 0 aliphatic carbocycles. The third kappa shape index (κ3) is 4.57. The minimum Gasteiger partial charge on any atom is -0.490 e. The van der Waals surface area contributed by atoms with Gasteiger partial charge in [0.15, 0.2) is 0 Å². The van der Waals surface area contributed by atoms with Crippen LogP contribution in [-0.4, -0.2) is 25.7 Å². The number of para-hydroxylation sites is 1. The van der Waals surface area contributed by atoms with E-state index >= 15 is 0 Å². The predicted molar refractivity (Wildman–Crippen MR) is 69.2 cm³/mol. The van der Waals surface area contributed by atoms with Gasteiger partial charge in [0.1, 0.15) is 12.4 Å². The third-order valence-corrected chi connectivity index (χ3v) is 2.20. The molecule has 3 N–H and O–H groups in total. The molecule has 5 nitrogen and oxygen atoms in total. The van der Waals surface area contributed by atoms with Crippen LogP contribution in [0, 0.1) is 0 Å². The summed E-state index contributed by atoms with van der Waals surface area (Å²) < 4.78 is 10.8. The van der Waals surface area contributed by atoms with Crippen LogP contribution in [0.1, 0.15) is 17.3 Å².